The molecular weight excluding hydrogens is 393 g/mol. The van der Waals surface area contributed by atoms with Gasteiger partial charge in [0, 0.05) is 33.9 Å². The summed E-state index contributed by atoms with van der Waals surface area (Å²) in [6, 6.07) is 10.2. The summed E-state index contributed by atoms with van der Waals surface area (Å²) in [6.45, 7) is 2.34. The van der Waals surface area contributed by atoms with Crippen LogP contribution in [0, 0.1) is 0 Å². The molecule has 6 heteroatoms. The molecule has 2 atom stereocenters. The number of nitrogens with zero attached hydrogens (tertiary/aromatic N) is 1. The van der Waals surface area contributed by atoms with Crippen LogP contribution in [0.3, 0.4) is 0 Å². The summed E-state index contributed by atoms with van der Waals surface area (Å²) in [4.78, 5) is 4.23. The molecule has 124 valence electrons. The lowest BCUT2D eigenvalue weighted by Gasteiger charge is -2.19. The monoisotopic (exact) mass is 419 g/mol. The van der Waals surface area contributed by atoms with Crippen LogP contribution in [0.1, 0.15) is 24.5 Å². The molecule has 2 rings (SSSR count). The van der Waals surface area contributed by atoms with E-state index in [2.05, 4.69) is 27.8 Å². The molecule has 5 nitrogen and oxygen atoms in total. The van der Waals surface area contributed by atoms with Crippen LogP contribution in [0.15, 0.2) is 35.3 Å². The Bertz CT molecular complexity index is 436. The van der Waals surface area contributed by atoms with E-state index in [-0.39, 0.29) is 30.1 Å². The maximum atomic E-state index is 5.59. The third-order valence-electron chi connectivity index (χ3n) is 3.66. The molecule has 0 bridgehead atoms. The zero-order chi connectivity index (χ0) is 14.9. The summed E-state index contributed by atoms with van der Waals surface area (Å²) in [6.07, 6.45) is 2.58. The van der Waals surface area contributed by atoms with Gasteiger partial charge in [0.15, 0.2) is 5.96 Å². The second-order valence-corrected chi connectivity index (χ2v) is 5.10. The minimum Gasteiger partial charge on any atom is -0.376 e. The number of hydrogen-bond donors (Lipinski definition) is 2. The van der Waals surface area contributed by atoms with Gasteiger partial charge >= 0.3 is 0 Å². The van der Waals surface area contributed by atoms with Crippen LogP contribution in [-0.4, -0.2) is 45.9 Å². The molecule has 2 N–H and O–H groups in total. The Balaban J connectivity index is 0.00000242. The molecule has 0 saturated carbocycles. The van der Waals surface area contributed by atoms with Crippen molar-refractivity contribution in [2.45, 2.75) is 25.0 Å². The van der Waals surface area contributed by atoms with Gasteiger partial charge in [0.05, 0.1) is 12.2 Å². The molecule has 1 aliphatic heterocycles. The molecule has 0 radical (unpaired) electrons. The van der Waals surface area contributed by atoms with Crippen LogP contribution in [0.4, 0.5) is 0 Å². The molecule has 0 amide bonds. The minimum absolute atomic E-state index is 0. The van der Waals surface area contributed by atoms with Crippen LogP contribution in [0.25, 0.3) is 0 Å². The predicted octanol–water partition coefficient (Wildman–Crippen LogP) is 2.34. The second kappa shape index (κ2) is 10.8. The maximum Gasteiger partial charge on any atom is 0.191 e. The number of rotatable bonds is 6. The third-order valence-corrected chi connectivity index (χ3v) is 3.66. The number of methoxy groups -OCH3 is 1. The Morgan fingerprint density at radius 1 is 1.36 bits per heavy atom. The Morgan fingerprint density at radius 3 is 2.73 bits per heavy atom. The first-order valence-electron chi connectivity index (χ1n) is 7.47. The fourth-order valence-electron chi connectivity index (χ4n) is 2.43. The first kappa shape index (κ1) is 19.2. The van der Waals surface area contributed by atoms with E-state index in [9.17, 15) is 0 Å². The molecule has 1 saturated heterocycles. The van der Waals surface area contributed by atoms with Crippen LogP contribution in [-0.2, 0) is 9.47 Å². The highest BCUT2D eigenvalue weighted by Crippen LogP contribution is 2.14. The summed E-state index contributed by atoms with van der Waals surface area (Å²) in [5.74, 6) is 0.781. The largest absolute Gasteiger partial charge is 0.376 e. The molecule has 1 fully saturated rings. The summed E-state index contributed by atoms with van der Waals surface area (Å²) < 4.78 is 11.1. The highest BCUT2D eigenvalue weighted by Gasteiger charge is 2.16. The molecule has 22 heavy (non-hydrogen) atoms. The molecular formula is C16H26IN3O2. The van der Waals surface area contributed by atoms with Crippen LogP contribution < -0.4 is 10.6 Å². The third kappa shape index (κ3) is 6.10. The fourth-order valence-corrected chi connectivity index (χ4v) is 2.43. The van der Waals surface area contributed by atoms with Crippen molar-refractivity contribution in [1.82, 2.24) is 10.6 Å². The van der Waals surface area contributed by atoms with Crippen molar-refractivity contribution in [3.05, 3.63) is 35.9 Å². The predicted molar refractivity (Wildman–Crippen MR) is 99.9 cm³/mol. The van der Waals surface area contributed by atoms with Gasteiger partial charge in [0.1, 0.15) is 0 Å². The average molecular weight is 419 g/mol. The minimum atomic E-state index is 0. The molecule has 1 aromatic carbocycles. The number of nitrogens with one attached hydrogen (secondary N) is 2. The van der Waals surface area contributed by atoms with Crippen LogP contribution in [0.5, 0.6) is 0 Å². The summed E-state index contributed by atoms with van der Waals surface area (Å²) in [7, 11) is 3.50. The first-order chi connectivity index (χ1) is 10.3. The lowest BCUT2D eigenvalue weighted by molar-refractivity contribution is 0.105. The number of benzene rings is 1. The standard InChI is InChI=1S/C16H25N3O2.HI/c1-17-16(18-11-14-9-6-10-21-14)19-12-15(20-2)13-7-4-3-5-8-13;/h3-5,7-8,14-15H,6,9-12H2,1-2H3,(H2,17,18,19);1H. The molecule has 2 unspecified atom stereocenters. The van der Waals surface area contributed by atoms with E-state index >= 15 is 0 Å². The van der Waals surface area contributed by atoms with E-state index < -0.39 is 0 Å². The fraction of sp³-hybridized carbons (Fsp3) is 0.562. The van der Waals surface area contributed by atoms with E-state index in [1.165, 1.54) is 0 Å². The van der Waals surface area contributed by atoms with E-state index in [0.717, 1.165) is 37.5 Å². The topological polar surface area (TPSA) is 54.9 Å². The lowest BCUT2D eigenvalue weighted by Crippen LogP contribution is -2.42. The molecule has 0 spiro atoms. The zero-order valence-electron chi connectivity index (χ0n) is 13.2. The van der Waals surface area contributed by atoms with Gasteiger partial charge in [-0.3, -0.25) is 4.99 Å². The SMILES string of the molecule is CN=C(NCC1CCCO1)NCC(OC)c1ccccc1.I. The molecule has 0 aliphatic carbocycles. The second-order valence-electron chi connectivity index (χ2n) is 5.10. The first-order valence-corrected chi connectivity index (χ1v) is 7.47. The lowest BCUT2D eigenvalue weighted by atomic mass is 10.1. The maximum absolute atomic E-state index is 5.59. The van der Waals surface area contributed by atoms with Gasteiger partial charge in [-0.2, -0.15) is 0 Å². The van der Waals surface area contributed by atoms with Crippen LogP contribution in [0.2, 0.25) is 0 Å². The van der Waals surface area contributed by atoms with Crippen molar-refractivity contribution in [3.63, 3.8) is 0 Å². The van der Waals surface area contributed by atoms with Gasteiger partial charge in [-0.1, -0.05) is 30.3 Å². The van der Waals surface area contributed by atoms with Gasteiger partial charge in [0.25, 0.3) is 0 Å². The van der Waals surface area contributed by atoms with Gasteiger partial charge in [-0.15, -0.1) is 24.0 Å². The number of ether oxygens (including phenoxy) is 2. The summed E-state index contributed by atoms with van der Waals surface area (Å²) in [5.41, 5.74) is 1.15. The summed E-state index contributed by atoms with van der Waals surface area (Å²) >= 11 is 0. The molecule has 1 aliphatic rings. The number of aliphatic imine (C=N–C) groups is 1. The van der Waals surface area contributed by atoms with Gasteiger partial charge in [-0.05, 0) is 18.4 Å². The van der Waals surface area contributed by atoms with E-state index in [1.807, 2.05) is 18.2 Å². The van der Waals surface area contributed by atoms with Crippen molar-refractivity contribution < 1.29 is 9.47 Å². The average Bonchev–Trinajstić information content (AvgIpc) is 3.05. The quantitative estimate of drug-likeness (QED) is 0.422. The smallest absolute Gasteiger partial charge is 0.191 e. The molecule has 0 aromatic heterocycles. The van der Waals surface area contributed by atoms with Crippen molar-refractivity contribution in [3.8, 4) is 0 Å². The highest BCUT2D eigenvalue weighted by atomic mass is 127. The Labute approximate surface area is 149 Å². The zero-order valence-corrected chi connectivity index (χ0v) is 15.6. The van der Waals surface area contributed by atoms with Gasteiger partial charge in [0.2, 0.25) is 0 Å². The van der Waals surface area contributed by atoms with E-state index in [1.54, 1.807) is 14.2 Å². The van der Waals surface area contributed by atoms with Crippen molar-refractivity contribution >= 4 is 29.9 Å². The Kier molecular flexibility index (Phi) is 9.42. The number of halogens is 1. The normalized spacial score (nSPS) is 19.4. The van der Waals surface area contributed by atoms with Gasteiger partial charge < -0.3 is 20.1 Å². The number of hydrogen-bond acceptors (Lipinski definition) is 3. The van der Waals surface area contributed by atoms with E-state index in [0.29, 0.717) is 12.6 Å². The van der Waals surface area contributed by atoms with Crippen molar-refractivity contribution in [1.29, 1.82) is 0 Å². The van der Waals surface area contributed by atoms with Crippen molar-refractivity contribution in [2.75, 3.05) is 33.9 Å². The van der Waals surface area contributed by atoms with Gasteiger partial charge in [-0.25, -0.2) is 0 Å². The Morgan fingerprint density at radius 2 is 2.14 bits per heavy atom. The molecule has 1 heterocycles. The summed E-state index contributed by atoms with van der Waals surface area (Å²) in [5, 5.41) is 6.60. The highest BCUT2D eigenvalue weighted by molar-refractivity contribution is 14.0. The molecule has 1 aromatic rings. The van der Waals surface area contributed by atoms with Crippen LogP contribution >= 0.6 is 24.0 Å². The van der Waals surface area contributed by atoms with Crippen molar-refractivity contribution in [2.24, 2.45) is 4.99 Å². The Hall–Kier alpha value is -0.860. The van der Waals surface area contributed by atoms with E-state index in [4.69, 9.17) is 9.47 Å². The number of guanidine groups is 1.